The number of carbonyl (C=O) groups is 2. The van der Waals surface area contributed by atoms with Crippen molar-refractivity contribution in [2.45, 2.75) is 43.7 Å². The number of carbonyl (C=O) groups excluding carboxylic acids is 2. The minimum Gasteiger partial charge on any atom is -0.366 e. The van der Waals surface area contributed by atoms with Crippen LogP contribution in [0.2, 0.25) is 0 Å². The number of amides is 2. The van der Waals surface area contributed by atoms with Crippen molar-refractivity contribution in [1.29, 1.82) is 5.26 Å². The molecule has 0 aromatic heterocycles. The van der Waals surface area contributed by atoms with Gasteiger partial charge in [0.05, 0.1) is 45.9 Å². The zero-order valence-electron chi connectivity index (χ0n) is 15.4. The van der Waals surface area contributed by atoms with Gasteiger partial charge in [0.25, 0.3) is 0 Å². The molecule has 4 rings (SSSR count). The number of nitriles is 1. The minimum atomic E-state index is -4.78. The fourth-order valence-corrected chi connectivity index (χ4v) is 5.20. The van der Waals surface area contributed by atoms with E-state index in [4.69, 9.17) is 10.00 Å². The number of benzene rings is 1. The summed E-state index contributed by atoms with van der Waals surface area (Å²) >= 11 is 0. The number of ether oxygens (including phenoxy) is 1. The van der Waals surface area contributed by atoms with Crippen molar-refractivity contribution in [3.63, 3.8) is 0 Å². The first-order valence-corrected chi connectivity index (χ1v) is 8.84. The van der Waals surface area contributed by atoms with Crippen LogP contribution in [0.4, 0.5) is 18.9 Å². The van der Waals surface area contributed by atoms with Crippen molar-refractivity contribution in [2.24, 2.45) is 11.8 Å². The summed E-state index contributed by atoms with van der Waals surface area (Å²) in [5.41, 5.74) is -3.70. The van der Waals surface area contributed by atoms with Gasteiger partial charge in [0, 0.05) is 6.04 Å². The van der Waals surface area contributed by atoms with Crippen molar-refractivity contribution in [1.82, 2.24) is 5.32 Å². The fraction of sp³-hybridized carbons (Fsp3) is 0.526. The van der Waals surface area contributed by atoms with E-state index < -0.39 is 52.2 Å². The summed E-state index contributed by atoms with van der Waals surface area (Å²) in [5.74, 6) is -2.66. The molecule has 3 aliphatic rings. The monoisotopic (exact) mass is 393 g/mol. The maximum absolute atomic E-state index is 13.3. The lowest BCUT2D eigenvalue weighted by Gasteiger charge is -2.35. The van der Waals surface area contributed by atoms with Crippen LogP contribution in [0.3, 0.4) is 0 Å². The number of alkyl halides is 3. The van der Waals surface area contributed by atoms with Crippen molar-refractivity contribution in [2.75, 3.05) is 11.9 Å². The Bertz CT molecular complexity index is 941. The second-order valence-electron chi connectivity index (χ2n) is 7.95. The highest BCUT2D eigenvalue weighted by Crippen LogP contribution is 2.61. The van der Waals surface area contributed by atoms with Gasteiger partial charge in [-0.15, -0.1) is 0 Å². The van der Waals surface area contributed by atoms with Crippen LogP contribution in [0.5, 0.6) is 0 Å². The predicted molar refractivity (Wildman–Crippen MR) is 91.0 cm³/mol. The Labute approximate surface area is 159 Å². The van der Waals surface area contributed by atoms with E-state index in [1.54, 1.807) is 20.9 Å². The number of hydrogen-bond donors (Lipinski definition) is 1. The van der Waals surface area contributed by atoms with E-state index >= 15 is 0 Å². The zero-order chi connectivity index (χ0) is 20.6. The summed E-state index contributed by atoms with van der Waals surface area (Å²) in [7, 11) is 1.74. The smallest absolute Gasteiger partial charge is 0.366 e. The first-order valence-electron chi connectivity index (χ1n) is 8.84. The van der Waals surface area contributed by atoms with Gasteiger partial charge in [-0.05, 0) is 45.5 Å². The molecule has 28 heavy (non-hydrogen) atoms. The molecule has 0 saturated carbocycles. The lowest BCUT2D eigenvalue weighted by molar-refractivity contribution is -0.138. The second-order valence-corrected chi connectivity index (χ2v) is 7.95. The molecule has 1 aromatic rings. The highest BCUT2D eigenvalue weighted by atomic mass is 19.4. The van der Waals surface area contributed by atoms with E-state index in [0.717, 1.165) is 11.0 Å². The molecule has 5 atom stereocenters. The van der Waals surface area contributed by atoms with Crippen LogP contribution in [0.1, 0.15) is 31.4 Å². The number of rotatable bonds is 2. The van der Waals surface area contributed by atoms with Gasteiger partial charge in [0.15, 0.2) is 0 Å². The average molecular weight is 393 g/mol. The maximum atomic E-state index is 13.3. The Balaban J connectivity index is 1.80. The van der Waals surface area contributed by atoms with Crippen LogP contribution in [0.25, 0.3) is 0 Å². The number of fused-ring (bicyclic) bond motifs is 5. The lowest BCUT2D eigenvalue weighted by atomic mass is 9.66. The van der Waals surface area contributed by atoms with Gasteiger partial charge in [0.2, 0.25) is 11.8 Å². The summed E-state index contributed by atoms with van der Waals surface area (Å²) in [6.07, 6.45) is -4.25. The largest absolute Gasteiger partial charge is 0.417 e. The van der Waals surface area contributed by atoms with Crippen LogP contribution in [0.15, 0.2) is 18.2 Å². The van der Waals surface area contributed by atoms with E-state index in [1.807, 2.05) is 0 Å². The number of nitrogens with one attached hydrogen (secondary N) is 1. The summed E-state index contributed by atoms with van der Waals surface area (Å²) in [4.78, 5) is 27.1. The van der Waals surface area contributed by atoms with Crippen LogP contribution >= 0.6 is 0 Å². The normalized spacial score (nSPS) is 36.8. The Morgan fingerprint density at radius 2 is 1.89 bits per heavy atom. The number of likely N-dealkylation sites (N-methyl/N-ethyl adjacent to an activating group) is 1. The number of anilines is 1. The van der Waals surface area contributed by atoms with E-state index in [2.05, 4.69) is 5.32 Å². The number of halogens is 3. The van der Waals surface area contributed by atoms with Crippen molar-refractivity contribution < 1.29 is 27.5 Å². The molecule has 3 fully saturated rings. The topological polar surface area (TPSA) is 82.4 Å². The molecule has 0 radical (unpaired) electrons. The lowest BCUT2D eigenvalue weighted by Crippen LogP contribution is -2.54. The van der Waals surface area contributed by atoms with Crippen molar-refractivity contribution in [3.05, 3.63) is 29.3 Å². The van der Waals surface area contributed by atoms with Gasteiger partial charge in [-0.25, -0.2) is 4.90 Å². The van der Waals surface area contributed by atoms with Gasteiger partial charge in [-0.3, -0.25) is 9.59 Å². The molecule has 1 aromatic carbocycles. The third-order valence-corrected chi connectivity index (χ3v) is 6.37. The summed E-state index contributed by atoms with van der Waals surface area (Å²) in [5, 5.41) is 12.1. The Morgan fingerprint density at radius 1 is 1.25 bits per heavy atom. The number of imide groups is 1. The molecule has 3 saturated heterocycles. The third-order valence-electron chi connectivity index (χ3n) is 6.37. The van der Waals surface area contributed by atoms with Gasteiger partial charge in [-0.2, -0.15) is 18.4 Å². The predicted octanol–water partition coefficient (Wildman–Crippen LogP) is 2.22. The fourth-order valence-electron chi connectivity index (χ4n) is 5.20. The molecule has 0 spiro atoms. The minimum absolute atomic E-state index is 0.151. The van der Waals surface area contributed by atoms with E-state index in [0.29, 0.717) is 12.5 Å². The molecule has 3 heterocycles. The molecule has 0 aliphatic carbocycles. The van der Waals surface area contributed by atoms with Crippen LogP contribution in [-0.2, 0) is 20.5 Å². The zero-order valence-corrected chi connectivity index (χ0v) is 15.4. The Kier molecular flexibility index (Phi) is 3.75. The van der Waals surface area contributed by atoms with Gasteiger partial charge >= 0.3 is 6.18 Å². The Morgan fingerprint density at radius 3 is 2.46 bits per heavy atom. The molecule has 148 valence electrons. The highest BCUT2D eigenvalue weighted by Gasteiger charge is 2.75. The van der Waals surface area contributed by atoms with Gasteiger partial charge < -0.3 is 10.1 Å². The first kappa shape index (κ1) is 18.9. The molecule has 2 amide bonds. The molecule has 2 bridgehead atoms. The highest BCUT2D eigenvalue weighted by molar-refractivity contribution is 6.23. The third kappa shape index (κ3) is 2.22. The quantitative estimate of drug-likeness (QED) is 0.780. The summed E-state index contributed by atoms with van der Waals surface area (Å²) < 4.78 is 46.0. The van der Waals surface area contributed by atoms with Crippen LogP contribution in [-0.4, -0.2) is 36.1 Å². The molecule has 2 unspecified atom stereocenters. The number of nitrogens with zero attached hydrogens (tertiary/aromatic N) is 2. The molecule has 1 N–H and O–H groups in total. The molecule has 9 heteroatoms. The van der Waals surface area contributed by atoms with Crippen LogP contribution < -0.4 is 10.2 Å². The maximum Gasteiger partial charge on any atom is 0.417 e. The van der Waals surface area contributed by atoms with Crippen LogP contribution in [0, 0.1) is 23.2 Å². The van der Waals surface area contributed by atoms with Crippen molar-refractivity contribution in [3.8, 4) is 6.07 Å². The van der Waals surface area contributed by atoms with Crippen molar-refractivity contribution >= 4 is 17.5 Å². The van der Waals surface area contributed by atoms with Gasteiger partial charge in [-0.1, -0.05) is 0 Å². The summed E-state index contributed by atoms with van der Waals surface area (Å²) in [6, 6.07) is 4.22. The SMILES string of the molecule is CN[C@H]1CC2(C)OC1(C)[C@H]1C(=O)N(c3ccc(C#N)c(C(F)(F)F)c3)C(=O)[C@H]12. The van der Waals surface area contributed by atoms with E-state index in [-0.39, 0.29) is 11.7 Å². The van der Waals surface area contributed by atoms with E-state index in [1.165, 1.54) is 12.1 Å². The first-order chi connectivity index (χ1) is 13.0. The molecule has 3 aliphatic heterocycles. The average Bonchev–Trinajstić information content (AvgIpc) is 3.14. The number of hydrogen-bond acceptors (Lipinski definition) is 5. The standard InChI is InChI=1S/C19H18F3N3O3/c1-17-7-12(24-3)18(2,28-17)14-13(17)15(26)25(16(14)27)10-5-4-9(8-23)11(6-10)19(20,21)22/h4-6,12-14,24H,7H2,1-3H3/t12-,13-,14+,17?,18?/m0/s1. The second kappa shape index (κ2) is 5.55. The van der Waals surface area contributed by atoms with E-state index in [9.17, 15) is 22.8 Å². The Hall–Kier alpha value is -2.44. The molecule has 6 nitrogen and oxygen atoms in total. The summed E-state index contributed by atoms with van der Waals surface area (Å²) in [6.45, 7) is 3.53. The molecular weight excluding hydrogens is 375 g/mol. The molecular formula is C19H18F3N3O3. The van der Waals surface area contributed by atoms with Gasteiger partial charge in [0.1, 0.15) is 0 Å².